The van der Waals surface area contributed by atoms with Crippen LogP contribution in [0.1, 0.15) is 46.5 Å². The van der Waals surface area contributed by atoms with E-state index in [-0.39, 0.29) is 12.0 Å². The molecule has 0 bridgehead atoms. The maximum Gasteiger partial charge on any atom is 0.422 e. The number of rotatable bonds is 2. The molecule has 96 valence electrons. The molecule has 2 atom stereocenters. The molecule has 2 N–H and O–H groups in total. The van der Waals surface area contributed by atoms with Crippen molar-refractivity contribution in [2.75, 3.05) is 0 Å². The molecule has 5 nitrogen and oxygen atoms in total. The fraction of sp³-hybridized carbons (Fsp3) is 0.833. The fourth-order valence-corrected chi connectivity index (χ4v) is 1.91. The number of hydrogen-bond donors (Lipinski definition) is 2. The van der Waals surface area contributed by atoms with Crippen LogP contribution >= 0.6 is 0 Å². The third-order valence-electron chi connectivity index (χ3n) is 2.69. The van der Waals surface area contributed by atoms with Gasteiger partial charge in [-0.1, -0.05) is 12.8 Å². The molecule has 1 aliphatic carbocycles. The van der Waals surface area contributed by atoms with Crippen molar-refractivity contribution in [3.63, 3.8) is 0 Å². The third-order valence-corrected chi connectivity index (χ3v) is 2.69. The van der Waals surface area contributed by atoms with Crippen LogP contribution < -0.4 is 10.9 Å². The van der Waals surface area contributed by atoms with Crippen molar-refractivity contribution in [3.05, 3.63) is 0 Å². The minimum absolute atomic E-state index is 0.0290. The van der Waals surface area contributed by atoms with Crippen LogP contribution in [0.5, 0.6) is 0 Å². The summed E-state index contributed by atoms with van der Waals surface area (Å²) in [6, 6.07) is 2.30. The number of hydrogen-bond acceptors (Lipinski definition) is 4. The smallest absolute Gasteiger partial charge is 0.422 e. The molecule has 5 heteroatoms. The highest BCUT2D eigenvalue weighted by atomic mass is 16.6. The molecule has 0 aromatic carbocycles. The summed E-state index contributed by atoms with van der Waals surface area (Å²) >= 11 is 0. The second-order valence-corrected chi connectivity index (χ2v) is 5.40. The zero-order valence-electron chi connectivity index (χ0n) is 10.7. The molecule has 1 amide bonds. The Morgan fingerprint density at radius 2 is 2.00 bits per heavy atom. The van der Waals surface area contributed by atoms with Gasteiger partial charge in [0.05, 0.1) is 12.0 Å². The Balaban J connectivity index is 2.34. The van der Waals surface area contributed by atoms with Crippen molar-refractivity contribution in [1.29, 1.82) is 5.26 Å². The number of amides is 1. The number of carbonyl (C=O) groups excluding carboxylic acids is 1. The molecule has 0 aliphatic heterocycles. The Labute approximate surface area is 102 Å². The molecular weight excluding hydrogens is 218 g/mol. The van der Waals surface area contributed by atoms with Crippen molar-refractivity contribution >= 4 is 6.09 Å². The molecule has 1 fully saturated rings. The van der Waals surface area contributed by atoms with E-state index in [0.29, 0.717) is 0 Å². The minimum atomic E-state index is -0.507. The van der Waals surface area contributed by atoms with Gasteiger partial charge in [0.25, 0.3) is 0 Å². The van der Waals surface area contributed by atoms with E-state index < -0.39 is 11.7 Å². The van der Waals surface area contributed by atoms with E-state index in [1.54, 1.807) is 0 Å². The summed E-state index contributed by atoms with van der Waals surface area (Å²) in [4.78, 5) is 11.4. The molecule has 1 aliphatic rings. The highest BCUT2D eigenvalue weighted by Crippen LogP contribution is 2.23. The largest absolute Gasteiger partial charge is 0.443 e. The summed E-state index contributed by atoms with van der Waals surface area (Å²) in [5.74, 6) is -0.0290. The Morgan fingerprint density at radius 3 is 2.59 bits per heavy atom. The lowest BCUT2D eigenvalue weighted by atomic mass is 9.86. The fourth-order valence-electron chi connectivity index (χ4n) is 1.91. The van der Waals surface area contributed by atoms with Gasteiger partial charge in [0.1, 0.15) is 5.60 Å². The van der Waals surface area contributed by atoms with Crippen molar-refractivity contribution in [2.45, 2.75) is 58.1 Å². The second-order valence-electron chi connectivity index (χ2n) is 5.40. The maximum absolute atomic E-state index is 11.4. The number of nitrogens with one attached hydrogen (secondary N) is 2. The van der Waals surface area contributed by atoms with Crippen LogP contribution in [0.25, 0.3) is 0 Å². The quantitative estimate of drug-likeness (QED) is 0.724. The van der Waals surface area contributed by atoms with Crippen molar-refractivity contribution in [2.24, 2.45) is 5.92 Å². The highest BCUT2D eigenvalue weighted by molar-refractivity contribution is 5.67. The van der Waals surface area contributed by atoms with Crippen LogP contribution in [-0.4, -0.2) is 17.7 Å². The van der Waals surface area contributed by atoms with E-state index in [0.717, 1.165) is 25.7 Å². The van der Waals surface area contributed by atoms with Gasteiger partial charge < -0.3 is 4.74 Å². The Hall–Kier alpha value is -1.28. The summed E-state index contributed by atoms with van der Waals surface area (Å²) in [6.07, 6.45) is 3.48. The van der Waals surface area contributed by atoms with Crippen LogP contribution in [0.3, 0.4) is 0 Å². The van der Waals surface area contributed by atoms with Gasteiger partial charge in [-0.3, -0.25) is 5.43 Å². The number of ether oxygens (including phenoxy) is 1. The Kier molecular flexibility index (Phi) is 4.76. The van der Waals surface area contributed by atoms with Crippen LogP contribution in [0, 0.1) is 17.2 Å². The van der Waals surface area contributed by atoms with Gasteiger partial charge in [0.2, 0.25) is 0 Å². The summed E-state index contributed by atoms with van der Waals surface area (Å²) in [5, 5.41) is 8.98. The first-order valence-corrected chi connectivity index (χ1v) is 6.06. The van der Waals surface area contributed by atoms with E-state index in [9.17, 15) is 4.79 Å². The average Bonchev–Trinajstić information content (AvgIpc) is 2.24. The van der Waals surface area contributed by atoms with Crippen LogP contribution in [0.4, 0.5) is 4.79 Å². The lowest BCUT2D eigenvalue weighted by Crippen LogP contribution is -2.49. The monoisotopic (exact) mass is 239 g/mol. The van der Waals surface area contributed by atoms with Gasteiger partial charge in [0, 0.05) is 6.04 Å². The molecule has 0 aromatic rings. The lowest BCUT2D eigenvalue weighted by Gasteiger charge is -2.28. The maximum atomic E-state index is 11.4. The van der Waals surface area contributed by atoms with Crippen molar-refractivity contribution < 1.29 is 9.53 Å². The molecule has 1 saturated carbocycles. The van der Waals surface area contributed by atoms with Gasteiger partial charge in [-0.15, -0.1) is 0 Å². The van der Waals surface area contributed by atoms with Crippen molar-refractivity contribution in [1.82, 2.24) is 10.9 Å². The molecule has 1 rings (SSSR count). The number of carbonyl (C=O) groups is 1. The van der Waals surface area contributed by atoms with E-state index in [2.05, 4.69) is 16.9 Å². The predicted molar refractivity (Wildman–Crippen MR) is 63.9 cm³/mol. The van der Waals surface area contributed by atoms with Gasteiger partial charge >= 0.3 is 6.09 Å². The van der Waals surface area contributed by atoms with E-state index in [1.165, 1.54) is 0 Å². The lowest BCUT2D eigenvalue weighted by molar-refractivity contribution is 0.0477. The standard InChI is InChI=1S/C12H21N3O2/c1-12(2,3)17-11(16)15-14-10-7-5-4-6-9(10)8-13/h9-10,14H,4-7H2,1-3H3,(H,15,16)/t9-,10+/m0/s1. The molecule has 0 unspecified atom stereocenters. The van der Waals surface area contributed by atoms with Crippen molar-refractivity contribution in [3.8, 4) is 6.07 Å². The molecule has 0 heterocycles. The van der Waals surface area contributed by atoms with Crippen LogP contribution in [-0.2, 0) is 4.74 Å². The Bertz CT molecular complexity index is 304. The normalized spacial score (nSPS) is 24.8. The van der Waals surface area contributed by atoms with Gasteiger partial charge in [0.15, 0.2) is 0 Å². The van der Waals surface area contributed by atoms with E-state index >= 15 is 0 Å². The van der Waals surface area contributed by atoms with Crippen LogP contribution in [0.15, 0.2) is 0 Å². The average molecular weight is 239 g/mol. The number of nitrogens with zero attached hydrogens (tertiary/aromatic N) is 1. The topological polar surface area (TPSA) is 74.2 Å². The first-order chi connectivity index (χ1) is 7.92. The zero-order valence-corrected chi connectivity index (χ0v) is 10.7. The molecule has 17 heavy (non-hydrogen) atoms. The summed E-state index contributed by atoms with van der Waals surface area (Å²) in [6.45, 7) is 5.43. The third kappa shape index (κ3) is 5.05. The summed E-state index contributed by atoms with van der Waals surface area (Å²) in [7, 11) is 0. The number of hydrazine groups is 1. The Morgan fingerprint density at radius 1 is 1.35 bits per heavy atom. The first-order valence-electron chi connectivity index (χ1n) is 6.06. The summed E-state index contributed by atoms with van der Waals surface area (Å²) < 4.78 is 5.10. The van der Waals surface area contributed by atoms with E-state index in [1.807, 2.05) is 20.8 Å². The van der Waals surface area contributed by atoms with Gasteiger partial charge in [-0.05, 0) is 33.6 Å². The minimum Gasteiger partial charge on any atom is -0.443 e. The second kappa shape index (κ2) is 5.87. The molecular formula is C12H21N3O2. The SMILES string of the molecule is CC(C)(C)OC(=O)NN[C@@H]1CCCC[C@H]1C#N. The summed E-state index contributed by atoms with van der Waals surface area (Å²) in [5.41, 5.74) is 4.90. The molecule has 0 saturated heterocycles. The van der Waals surface area contributed by atoms with Gasteiger partial charge in [-0.2, -0.15) is 5.26 Å². The molecule has 0 spiro atoms. The van der Waals surface area contributed by atoms with E-state index in [4.69, 9.17) is 10.00 Å². The number of nitriles is 1. The molecule has 0 aromatic heterocycles. The predicted octanol–water partition coefficient (Wildman–Crippen LogP) is 2.10. The highest BCUT2D eigenvalue weighted by Gasteiger charge is 2.25. The van der Waals surface area contributed by atoms with Crippen LogP contribution in [0.2, 0.25) is 0 Å². The molecule has 0 radical (unpaired) electrons. The zero-order chi connectivity index (χ0) is 12.9. The van der Waals surface area contributed by atoms with Gasteiger partial charge in [-0.25, -0.2) is 10.2 Å². The first kappa shape index (κ1) is 13.8.